The normalized spacial score (nSPS) is 22.7. The number of rotatable bonds is 4. The number of piperidine rings is 1. The van der Waals surface area contributed by atoms with Crippen molar-refractivity contribution in [3.63, 3.8) is 0 Å². The van der Waals surface area contributed by atoms with Gasteiger partial charge in [0.25, 0.3) is 5.91 Å². The highest BCUT2D eigenvalue weighted by molar-refractivity contribution is 7.89. The van der Waals surface area contributed by atoms with Crippen molar-refractivity contribution in [2.75, 3.05) is 49.5 Å². The molecular weight excluding hydrogens is 516 g/mol. The van der Waals surface area contributed by atoms with E-state index in [9.17, 15) is 18.0 Å². The van der Waals surface area contributed by atoms with Gasteiger partial charge >= 0.3 is 0 Å². The van der Waals surface area contributed by atoms with Gasteiger partial charge in [-0.2, -0.15) is 4.31 Å². The molecule has 0 radical (unpaired) electrons. The molecule has 5 rings (SSSR count). The zero-order valence-corrected chi connectivity index (χ0v) is 22.5. The van der Waals surface area contributed by atoms with E-state index >= 15 is 0 Å². The van der Waals surface area contributed by atoms with Gasteiger partial charge in [-0.3, -0.25) is 9.59 Å². The van der Waals surface area contributed by atoms with Crippen LogP contribution in [0.3, 0.4) is 0 Å². The number of halogens is 1. The summed E-state index contributed by atoms with van der Waals surface area (Å²) in [6, 6.07) is 10.8. The lowest BCUT2D eigenvalue weighted by atomic mass is 9.97. The Morgan fingerprint density at radius 1 is 1.11 bits per heavy atom. The van der Waals surface area contributed by atoms with Crippen LogP contribution in [0.2, 0.25) is 5.02 Å². The van der Waals surface area contributed by atoms with E-state index in [1.54, 1.807) is 19.9 Å². The molecule has 9 nitrogen and oxygen atoms in total. The monoisotopic (exact) mass is 546 g/mol. The summed E-state index contributed by atoms with van der Waals surface area (Å²) in [5.74, 6) is -0.311. The first-order valence-electron chi connectivity index (χ1n) is 12.5. The first kappa shape index (κ1) is 25.8. The number of ether oxygens (including phenoxy) is 1. The summed E-state index contributed by atoms with van der Waals surface area (Å²) < 4.78 is 34.4. The maximum atomic E-state index is 13.7. The molecule has 2 amide bonds. The van der Waals surface area contributed by atoms with Gasteiger partial charge in [-0.25, -0.2) is 8.42 Å². The van der Waals surface area contributed by atoms with E-state index in [1.807, 2.05) is 29.2 Å². The third kappa shape index (κ3) is 5.15. The van der Waals surface area contributed by atoms with Crippen LogP contribution in [0, 0.1) is 12.8 Å². The molecule has 2 atom stereocenters. The quantitative estimate of drug-likeness (QED) is 0.632. The summed E-state index contributed by atoms with van der Waals surface area (Å²) in [5, 5.41) is 3.43. The summed E-state index contributed by atoms with van der Waals surface area (Å²) in [7, 11) is -3.85. The van der Waals surface area contributed by atoms with E-state index in [2.05, 4.69) is 10.2 Å². The number of carbonyl (C=O) groups excluding carboxylic acids is 2. The molecule has 3 aliphatic rings. The molecule has 3 heterocycles. The molecule has 0 unspecified atom stereocenters. The van der Waals surface area contributed by atoms with Gasteiger partial charge < -0.3 is 19.9 Å². The minimum atomic E-state index is -3.85. The molecule has 0 aromatic heterocycles. The minimum Gasteiger partial charge on any atom is -0.479 e. The zero-order valence-electron chi connectivity index (χ0n) is 20.9. The van der Waals surface area contributed by atoms with Gasteiger partial charge in [-0.1, -0.05) is 17.7 Å². The third-order valence-electron chi connectivity index (χ3n) is 7.32. The van der Waals surface area contributed by atoms with Gasteiger partial charge in [0.05, 0.1) is 16.5 Å². The lowest BCUT2D eigenvalue weighted by Crippen LogP contribution is -2.53. The number of nitrogens with one attached hydrogen (secondary N) is 1. The van der Waals surface area contributed by atoms with Crippen LogP contribution in [-0.4, -0.2) is 74.8 Å². The van der Waals surface area contributed by atoms with Crippen LogP contribution in [0.4, 0.5) is 11.4 Å². The van der Waals surface area contributed by atoms with Crippen molar-refractivity contribution in [3.8, 4) is 5.75 Å². The molecular formula is C26H31ClN4O5S. The smallest absolute Gasteiger partial charge is 0.265 e. The van der Waals surface area contributed by atoms with Gasteiger partial charge in [-0.05, 0) is 56.5 Å². The van der Waals surface area contributed by atoms with Gasteiger partial charge in [0.2, 0.25) is 15.9 Å². The van der Waals surface area contributed by atoms with Crippen molar-refractivity contribution in [2.45, 2.75) is 37.7 Å². The first-order chi connectivity index (χ1) is 17.6. The zero-order chi connectivity index (χ0) is 26.3. The van der Waals surface area contributed by atoms with Crippen LogP contribution < -0.4 is 15.0 Å². The number of hydrogen-bond acceptors (Lipinski definition) is 6. The number of piperazine rings is 1. The Bertz CT molecular complexity index is 1330. The number of aryl methyl sites for hydroxylation is 1. The second kappa shape index (κ2) is 10.2. The molecule has 1 N–H and O–H groups in total. The predicted octanol–water partition coefficient (Wildman–Crippen LogP) is 3.12. The fourth-order valence-corrected chi connectivity index (χ4v) is 7.17. The molecule has 0 bridgehead atoms. The summed E-state index contributed by atoms with van der Waals surface area (Å²) >= 11 is 6.13. The third-order valence-corrected chi connectivity index (χ3v) is 9.57. The summed E-state index contributed by atoms with van der Waals surface area (Å²) in [4.78, 5) is 29.5. The number of fused-ring (bicyclic) bond motifs is 1. The number of nitrogens with zero attached hydrogens (tertiary/aromatic N) is 3. The van der Waals surface area contributed by atoms with E-state index < -0.39 is 16.1 Å². The molecule has 0 aliphatic carbocycles. The highest BCUT2D eigenvalue weighted by Gasteiger charge is 2.37. The Hall–Kier alpha value is -2.82. The standard InChI is InChI=1S/C26H31ClN4O5S/c1-17-13-22-23(36-18(2)25(32)28-22)15-24(17)37(34,35)31-8-4-5-19(16-31)26(33)30-11-9-29(10-12-30)21-7-3-6-20(27)14-21/h3,6-7,13-15,18-19H,4-5,8-12,16H2,1-2H3,(H,28,32)/t18-,19-/m1/s1. The lowest BCUT2D eigenvalue weighted by Gasteiger charge is -2.39. The average Bonchev–Trinajstić information content (AvgIpc) is 2.89. The van der Waals surface area contributed by atoms with Crippen molar-refractivity contribution >= 4 is 44.8 Å². The number of benzene rings is 2. The van der Waals surface area contributed by atoms with Gasteiger partial charge in [0.1, 0.15) is 5.75 Å². The Balaban J connectivity index is 1.27. The predicted molar refractivity (Wildman–Crippen MR) is 142 cm³/mol. The van der Waals surface area contributed by atoms with Crippen LogP contribution in [0.5, 0.6) is 5.75 Å². The fraction of sp³-hybridized carbons (Fsp3) is 0.462. The summed E-state index contributed by atoms with van der Waals surface area (Å²) in [6.45, 7) is 6.39. The van der Waals surface area contributed by atoms with Gasteiger partial charge in [0, 0.05) is 56.0 Å². The van der Waals surface area contributed by atoms with E-state index in [-0.39, 0.29) is 29.2 Å². The number of hydrogen-bond donors (Lipinski definition) is 1. The minimum absolute atomic E-state index is 0.00711. The molecule has 11 heteroatoms. The second-order valence-electron chi connectivity index (χ2n) is 9.86. The van der Waals surface area contributed by atoms with Gasteiger partial charge in [-0.15, -0.1) is 0 Å². The van der Waals surface area contributed by atoms with Crippen LogP contribution in [0.25, 0.3) is 0 Å². The molecule has 2 saturated heterocycles. The van der Waals surface area contributed by atoms with Crippen LogP contribution in [0.1, 0.15) is 25.3 Å². The SMILES string of the molecule is Cc1cc2c(cc1S(=O)(=O)N1CCC[C@@H](C(=O)N3CCN(c4cccc(Cl)c4)CC3)C1)O[C@H](C)C(=O)N2. The average molecular weight is 547 g/mol. The van der Waals surface area contributed by atoms with Crippen molar-refractivity contribution in [2.24, 2.45) is 5.92 Å². The maximum Gasteiger partial charge on any atom is 0.265 e. The summed E-state index contributed by atoms with van der Waals surface area (Å²) in [6.07, 6.45) is 0.572. The van der Waals surface area contributed by atoms with Crippen LogP contribution in [0.15, 0.2) is 41.3 Å². The highest BCUT2D eigenvalue weighted by Crippen LogP contribution is 2.36. The topological polar surface area (TPSA) is 99.3 Å². The Morgan fingerprint density at radius 3 is 2.59 bits per heavy atom. The van der Waals surface area contributed by atoms with Crippen molar-refractivity contribution in [3.05, 3.63) is 47.0 Å². The maximum absolute atomic E-state index is 13.7. The summed E-state index contributed by atoms with van der Waals surface area (Å²) in [5.41, 5.74) is 2.01. The van der Waals surface area contributed by atoms with E-state index in [0.29, 0.717) is 67.6 Å². The van der Waals surface area contributed by atoms with Crippen molar-refractivity contribution < 1.29 is 22.7 Å². The van der Waals surface area contributed by atoms with Crippen molar-refractivity contribution in [1.29, 1.82) is 0 Å². The van der Waals surface area contributed by atoms with E-state index in [4.69, 9.17) is 16.3 Å². The highest BCUT2D eigenvalue weighted by atomic mass is 35.5. The molecule has 2 fully saturated rings. The Labute approximate surface area is 222 Å². The van der Waals surface area contributed by atoms with Crippen molar-refractivity contribution in [1.82, 2.24) is 9.21 Å². The number of amides is 2. The lowest BCUT2D eigenvalue weighted by molar-refractivity contribution is -0.137. The Kier molecular flexibility index (Phi) is 7.08. The first-order valence-corrected chi connectivity index (χ1v) is 14.4. The molecule has 2 aromatic carbocycles. The van der Waals surface area contributed by atoms with E-state index in [1.165, 1.54) is 10.4 Å². The fourth-order valence-electron chi connectivity index (χ4n) is 5.24. The van der Waals surface area contributed by atoms with E-state index in [0.717, 1.165) is 5.69 Å². The number of anilines is 2. The molecule has 37 heavy (non-hydrogen) atoms. The van der Waals surface area contributed by atoms with Crippen LogP contribution >= 0.6 is 11.6 Å². The molecule has 0 spiro atoms. The molecule has 2 aromatic rings. The number of carbonyl (C=O) groups is 2. The second-order valence-corrected chi connectivity index (χ2v) is 12.2. The molecule has 3 aliphatic heterocycles. The Morgan fingerprint density at radius 2 is 1.86 bits per heavy atom. The largest absolute Gasteiger partial charge is 0.479 e. The van der Waals surface area contributed by atoms with Gasteiger partial charge in [0.15, 0.2) is 6.10 Å². The molecule has 198 valence electrons. The van der Waals surface area contributed by atoms with Crippen LogP contribution in [-0.2, 0) is 19.6 Å². The number of sulfonamides is 1. The molecule has 0 saturated carbocycles.